The lowest BCUT2D eigenvalue weighted by molar-refractivity contribution is -0.141. The van der Waals surface area contributed by atoms with Gasteiger partial charge in [-0.15, -0.1) is 0 Å². The van der Waals surface area contributed by atoms with E-state index in [1.165, 1.54) is 7.11 Å². The van der Waals surface area contributed by atoms with Gasteiger partial charge in [-0.25, -0.2) is 4.79 Å². The number of hydrogen-bond donors (Lipinski definition) is 1. The summed E-state index contributed by atoms with van der Waals surface area (Å²) in [4.78, 5) is 11.4. The van der Waals surface area contributed by atoms with Crippen LogP contribution in [0.3, 0.4) is 0 Å². The maximum absolute atomic E-state index is 11.4. The number of anilines is 1. The van der Waals surface area contributed by atoms with E-state index >= 15 is 0 Å². The first-order valence-corrected chi connectivity index (χ1v) is 5.26. The molecule has 0 saturated carbocycles. The van der Waals surface area contributed by atoms with Crippen molar-refractivity contribution in [3.8, 4) is 5.75 Å². The third-order valence-corrected chi connectivity index (χ3v) is 2.85. The van der Waals surface area contributed by atoms with Crippen molar-refractivity contribution in [2.75, 3.05) is 19.5 Å². The molecule has 16 heavy (non-hydrogen) atoms. The van der Waals surface area contributed by atoms with Gasteiger partial charge in [-0.05, 0) is 25.0 Å². The average molecular weight is 221 g/mol. The molecule has 1 unspecified atom stereocenters. The fourth-order valence-electron chi connectivity index (χ4n) is 2.02. The molecule has 0 aliphatic carbocycles. The van der Waals surface area contributed by atoms with Crippen LogP contribution < -0.4 is 10.1 Å². The number of nitrogens with one attached hydrogen (secondary N) is 1. The smallest absolute Gasteiger partial charge is 0.328 e. The standard InChI is InChI=1S/C12H15NO3/c1-15-11-5-3-4-9-8(11)6-7-10(13-9)12(14)16-2/h3-5,10,13H,6-7H2,1-2H3. The molecule has 0 spiro atoms. The van der Waals surface area contributed by atoms with Gasteiger partial charge in [0.25, 0.3) is 0 Å². The van der Waals surface area contributed by atoms with E-state index < -0.39 is 0 Å². The van der Waals surface area contributed by atoms with Crippen LogP contribution in [0.1, 0.15) is 12.0 Å². The van der Waals surface area contributed by atoms with E-state index in [0.29, 0.717) is 0 Å². The fraction of sp³-hybridized carbons (Fsp3) is 0.417. The molecule has 1 atom stereocenters. The number of ether oxygens (including phenoxy) is 2. The molecule has 0 saturated heterocycles. The van der Waals surface area contributed by atoms with Gasteiger partial charge in [-0.2, -0.15) is 0 Å². The molecule has 86 valence electrons. The maximum atomic E-state index is 11.4. The Morgan fingerprint density at radius 1 is 1.44 bits per heavy atom. The molecule has 0 bridgehead atoms. The van der Waals surface area contributed by atoms with Crippen LogP contribution in [0.4, 0.5) is 5.69 Å². The highest BCUT2D eigenvalue weighted by molar-refractivity contribution is 5.81. The molecule has 1 N–H and O–H groups in total. The van der Waals surface area contributed by atoms with Gasteiger partial charge in [0, 0.05) is 11.3 Å². The first kappa shape index (κ1) is 10.8. The summed E-state index contributed by atoms with van der Waals surface area (Å²) in [5.74, 6) is 0.654. The second-order valence-corrected chi connectivity index (χ2v) is 3.75. The number of hydrogen-bond acceptors (Lipinski definition) is 4. The van der Waals surface area contributed by atoms with Gasteiger partial charge in [0.15, 0.2) is 0 Å². The minimum Gasteiger partial charge on any atom is -0.496 e. The Bertz CT molecular complexity index is 403. The van der Waals surface area contributed by atoms with Gasteiger partial charge in [-0.3, -0.25) is 0 Å². The monoisotopic (exact) mass is 221 g/mol. The van der Waals surface area contributed by atoms with Crippen LogP contribution in [0.15, 0.2) is 18.2 Å². The Morgan fingerprint density at radius 3 is 2.94 bits per heavy atom. The van der Waals surface area contributed by atoms with E-state index in [9.17, 15) is 4.79 Å². The van der Waals surface area contributed by atoms with Gasteiger partial charge in [0.1, 0.15) is 11.8 Å². The predicted octanol–water partition coefficient (Wildman–Crippen LogP) is 1.59. The van der Waals surface area contributed by atoms with E-state index in [2.05, 4.69) is 5.32 Å². The number of benzene rings is 1. The highest BCUT2D eigenvalue weighted by Crippen LogP contribution is 2.32. The topological polar surface area (TPSA) is 47.6 Å². The number of carbonyl (C=O) groups excluding carboxylic acids is 1. The minimum atomic E-state index is -0.246. The fourth-order valence-corrected chi connectivity index (χ4v) is 2.02. The molecule has 4 nitrogen and oxygen atoms in total. The zero-order valence-corrected chi connectivity index (χ0v) is 9.45. The molecular formula is C12H15NO3. The summed E-state index contributed by atoms with van der Waals surface area (Å²) in [6, 6.07) is 5.54. The van der Waals surface area contributed by atoms with E-state index in [0.717, 1.165) is 29.8 Å². The van der Waals surface area contributed by atoms with Crippen molar-refractivity contribution in [3.63, 3.8) is 0 Å². The first-order chi connectivity index (χ1) is 7.76. The number of rotatable bonds is 2. The summed E-state index contributed by atoms with van der Waals surface area (Å²) in [7, 11) is 3.06. The average Bonchev–Trinajstić information content (AvgIpc) is 2.36. The van der Waals surface area contributed by atoms with E-state index in [-0.39, 0.29) is 12.0 Å². The zero-order valence-electron chi connectivity index (χ0n) is 9.45. The summed E-state index contributed by atoms with van der Waals surface area (Å²) < 4.78 is 10.0. The van der Waals surface area contributed by atoms with Gasteiger partial charge >= 0.3 is 5.97 Å². The molecule has 1 aromatic rings. The molecule has 0 aromatic heterocycles. The van der Waals surface area contributed by atoms with Crippen LogP contribution in [-0.4, -0.2) is 26.2 Å². The van der Waals surface area contributed by atoms with Gasteiger partial charge < -0.3 is 14.8 Å². The van der Waals surface area contributed by atoms with Crippen LogP contribution in [0.2, 0.25) is 0 Å². The van der Waals surface area contributed by atoms with E-state index in [4.69, 9.17) is 9.47 Å². The van der Waals surface area contributed by atoms with Crippen LogP contribution in [0.5, 0.6) is 5.75 Å². The second kappa shape index (κ2) is 4.43. The third kappa shape index (κ3) is 1.83. The van der Waals surface area contributed by atoms with Gasteiger partial charge in [0.2, 0.25) is 0 Å². The van der Waals surface area contributed by atoms with Gasteiger partial charge in [-0.1, -0.05) is 6.07 Å². The highest BCUT2D eigenvalue weighted by atomic mass is 16.5. The second-order valence-electron chi connectivity index (χ2n) is 3.75. The quantitative estimate of drug-likeness (QED) is 0.770. The minimum absolute atomic E-state index is 0.214. The lowest BCUT2D eigenvalue weighted by atomic mass is 9.97. The molecule has 1 aliphatic rings. The van der Waals surface area contributed by atoms with Crippen LogP contribution >= 0.6 is 0 Å². The SMILES string of the molecule is COC(=O)C1CCc2c(cccc2OC)N1. The van der Waals surface area contributed by atoms with Crippen molar-refractivity contribution >= 4 is 11.7 Å². The number of esters is 1. The molecule has 1 aromatic carbocycles. The maximum Gasteiger partial charge on any atom is 0.328 e. The molecule has 0 radical (unpaired) electrons. The molecular weight excluding hydrogens is 206 g/mol. The Balaban J connectivity index is 2.25. The van der Waals surface area contributed by atoms with Crippen LogP contribution in [0.25, 0.3) is 0 Å². The van der Waals surface area contributed by atoms with E-state index in [1.54, 1.807) is 7.11 Å². The highest BCUT2D eigenvalue weighted by Gasteiger charge is 2.25. The molecule has 1 heterocycles. The van der Waals surface area contributed by atoms with Crippen molar-refractivity contribution < 1.29 is 14.3 Å². The first-order valence-electron chi connectivity index (χ1n) is 5.26. The van der Waals surface area contributed by atoms with Crippen LogP contribution in [0, 0.1) is 0 Å². The normalized spacial score (nSPS) is 18.2. The lowest BCUT2D eigenvalue weighted by Gasteiger charge is -2.26. The van der Waals surface area contributed by atoms with Crippen molar-refractivity contribution in [2.24, 2.45) is 0 Å². The molecule has 0 fully saturated rings. The summed E-state index contributed by atoms with van der Waals surface area (Å²) in [5.41, 5.74) is 2.09. The molecule has 1 aliphatic heterocycles. The zero-order chi connectivity index (χ0) is 11.5. The Kier molecular flexibility index (Phi) is 2.99. The Morgan fingerprint density at radius 2 is 2.25 bits per heavy atom. The largest absolute Gasteiger partial charge is 0.496 e. The molecule has 0 amide bonds. The van der Waals surface area contributed by atoms with Crippen molar-refractivity contribution in [1.82, 2.24) is 0 Å². The van der Waals surface area contributed by atoms with Crippen molar-refractivity contribution in [1.29, 1.82) is 0 Å². The van der Waals surface area contributed by atoms with Crippen molar-refractivity contribution in [3.05, 3.63) is 23.8 Å². The lowest BCUT2D eigenvalue weighted by Crippen LogP contribution is -2.34. The summed E-state index contributed by atoms with van der Waals surface area (Å²) in [6.45, 7) is 0. The Labute approximate surface area is 94.6 Å². The van der Waals surface area contributed by atoms with E-state index in [1.807, 2.05) is 18.2 Å². The number of fused-ring (bicyclic) bond motifs is 1. The summed E-state index contributed by atoms with van der Waals surface area (Å²) >= 11 is 0. The molecule has 2 rings (SSSR count). The predicted molar refractivity (Wildman–Crippen MR) is 60.7 cm³/mol. The summed E-state index contributed by atoms with van der Waals surface area (Å²) in [6.07, 6.45) is 1.56. The summed E-state index contributed by atoms with van der Waals surface area (Å²) in [5, 5.41) is 3.17. The van der Waals surface area contributed by atoms with Crippen LogP contribution in [-0.2, 0) is 16.0 Å². The third-order valence-electron chi connectivity index (χ3n) is 2.85. The van der Waals surface area contributed by atoms with Crippen molar-refractivity contribution in [2.45, 2.75) is 18.9 Å². The Hall–Kier alpha value is -1.71. The van der Waals surface area contributed by atoms with Gasteiger partial charge in [0.05, 0.1) is 14.2 Å². The number of methoxy groups -OCH3 is 2. The molecule has 4 heteroatoms. The number of carbonyl (C=O) groups is 1.